The number of hydrogen-bond acceptors (Lipinski definition) is 4. The Morgan fingerprint density at radius 2 is 2.15 bits per heavy atom. The van der Waals surface area contributed by atoms with Crippen LogP contribution in [0.15, 0.2) is 12.1 Å². The summed E-state index contributed by atoms with van der Waals surface area (Å²) < 4.78 is 0. The van der Waals surface area contributed by atoms with E-state index in [0.717, 1.165) is 36.2 Å². The molecule has 1 aliphatic heterocycles. The number of imidazole rings is 1. The Morgan fingerprint density at radius 1 is 1.38 bits per heavy atom. The van der Waals surface area contributed by atoms with Gasteiger partial charge in [-0.2, -0.15) is 0 Å². The summed E-state index contributed by atoms with van der Waals surface area (Å²) in [5.41, 5.74) is 3.62. The van der Waals surface area contributed by atoms with Crippen molar-refractivity contribution in [2.24, 2.45) is 0 Å². The molecule has 6 heteroatoms. The largest absolute Gasteiger partial charge is 0.387 e. The number of β-amino-alcohol motifs (C(OH)–C–C–N with tert-alkyl or cyclic N) is 1. The second-order valence-electron chi connectivity index (χ2n) is 7.97. The monoisotopic (exact) mass is 358 g/mol. The maximum absolute atomic E-state index is 12.6. The third-order valence-corrected chi connectivity index (χ3v) is 5.32. The highest BCUT2D eigenvalue weighted by Crippen LogP contribution is 2.23. The first kappa shape index (κ1) is 18.9. The number of benzene rings is 1. The second kappa shape index (κ2) is 7.37. The number of H-pyrrole nitrogens is 1. The third kappa shape index (κ3) is 4.07. The van der Waals surface area contributed by atoms with E-state index in [9.17, 15) is 9.90 Å². The van der Waals surface area contributed by atoms with Crippen LogP contribution in [-0.4, -0.2) is 70.1 Å². The Balaban J connectivity index is 1.62. The van der Waals surface area contributed by atoms with E-state index < -0.39 is 5.60 Å². The molecular formula is C20H30N4O2. The molecule has 0 saturated carbocycles. The lowest BCUT2D eigenvalue weighted by Crippen LogP contribution is -2.54. The van der Waals surface area contributed by atoms with Gasteiger partial charge in [-0.1, -0.05) is 6.07 Å². The molecule has 1 aliphatic rings. The van der Waals surface area contributed by atoms with Crippen LogP contribution in [0.4, 0.5) is 0 Å². The molecule has 0 bridgehead atoms. The maximum Gasteiger partial charge on any atom is 0.223 e. The van der Waals surface area contributed by atoms with E-state index in [4.69, 9.17) is 0 Å². The number of aryl methyl sites for hydroxylation is 3. The van der Waals surface area contributed by atoms with Crippen molar-refractivity contribution in [3.8, 4) is 0 Å². The first-order valence-electron chi connectivity index (χ1n) is 9.37. The molecule has 1 amide bonds. The van der Waals surface area contributed by atoms with Gasteiger partial charge in [0.25, 0.3) is 0 Å². The van der Waals surface area contributed by atoms with Crippen LogP contribution in [0.25, 0.3) is 11.0 Å². The van der Waals surface area contributed by atoms with E-state index >= 15 is 0 Å². The average Bonchev–Trinajstić information content (AvgIpc) is 2.99. The topological polar surface area (TPSA) is 72.5 Å². The van der Waals surface area contributed by atoms with E-state index in [2.05, 4.69) is 29.9 Å². The highest BCUT2D eigenvalue weighted by Gasteiger charge is 2.35. The number of aliphatic hydroxyl groups is 1. The minimum absolute atomic E-state index is 0.0928. The summed E-state index contributed by atoms with van der Waals surface area (Å²) in [5.74, 6) is 0.942. The molecule has 2 heterocycles. The SMILES string of the molecule is Cc1ccc2[nH]c(CCC(=O)N3CCC[C@@](O)(CN(C)C)C3)nc2c1C. The molecule has 6 nitrogen and oxygen atoms in total. The molecule has 1 aromatic carbocycles. The third-order valence-electron chi connectivity index (χ3n) is 5.32. The van der Waals surface area contributed by atoms with Gasteiger partial charge < -0.3 is 19.9 Å². The smallest absolute Gasteiger partial charge is 0.223 e. The van der Waals surface area contributed by atoms with Gasteiger partial charge in [0.1, 0.15) is 5.82 Å². The summed E-state index contributed by atoms with van der Waals surface area (Å²) in [6.45, 7) is 5.89. The van der Waals surface area contributed by atoms with E-state index in [1.54, 1.807) is 0 Å². The average molecular weight is 358 g/mol. The lowest BCUT2D eigenvalue weighted by atomic mass is 9.92. The van der Waals surface area contributed by atoms with Crippen molar-refractivity contribution < 1.29 is 9.90 Å². The molecule has 2 N–H and O–H groups in total. The highest BCUT2D eigenvalue weighted by molar-refractivity contribution is 5.80. The molecule has 1 fully saturated rings. The van der Waals surface area contributed by atoms with Crippen LogP contribution in [0, 0.1) is 13.8 Å². The maximum atomic E-state index is 12.6. The lowest BCUT2D eigenvalue weighted by Gasteiger charge is -2.40. The number of rotatable bonds is 5. The summed E-state index contributed by atoms with van der Waals surface area (Å²) in [6, 6.07) is 4.13. The zero-order valence-electron chi connectivity index (χ0n) is 16.3. The van der Waals surface area contributed by atoms with Crippen LogP contribution < -0.4 is 0 Å². The summed E-state index contributed by atoms with van der Waals surface area (Å²) in [7, 11) is 3.90. The number of nitrogens with zero attached hydrogens (tertiary/aromatic N) is 3. The number of aromatic nitrogens is 2. The predicted molar refractivity (Wildman–Crippen MR) is 103 cm³/mol. The summed E-state index contributed by atoms with van der Waals surface area (Å²) in [4.78, 5) is 24.4. The molecule has 0 spiro atoms. The van der Waals surface area contributed by atoms with Crippen LogP contribution in [-0.2, 0) is 11.2 Å². The Labute approximate surface area is 155 Å². The van der Waals surface area contributed by atoms with Crippen molar-refractivity contribution in [1.29, 1.82) is 0 Å². The van der Waals surface area contributed by atoms with Crippen LogP contribution in [0.3, 0.4) is 0 Å². The molecule has 0 aliphatic carbocycles. The Hall–Kier alpha value is -1.92. The van der Waals surface area contributed by atoms with Crippen molar-refractivity contribution in [2.45, 2.75) is 45.1 Å². The lowest BCUT2D eigenvalue weighted by molar-refractivity contribution is -0.139. The van der Waals surface area contributed by atoms with E-state index in [-0.39, 0.29) is 5.91 Å². The van der Waals surface area contributed by atoms with Gasteiger partial charge in [-0.05, 0) is 58.0 Å². The molecule has 2 aromatic rings. The Kier molecular flexibility index (Phi) is 5.34. The predicted octanol–water partition coefficient (Wildman–Crippen LogP) is 2.03. The molecule has 1 aromatic heterocycles. The van der Waals surface area contributed by atoms with Gasteiger partial charge in [0, 0.05) is 25.9 Å². The van der Waals surface area contributed by atoms with Crippen LogP contribution in [0.5, 0.6) is 0 Å². The Bertz CT molecular complexity index is 798. The van der Waals surface area contributed by atoms with Crippen molar-refractivity contribution in [1.82, 2.24) is 19.8 Å². The first-order chi connectivity index (χ1) is 12.3. The molecule has 0 unspecified atom stereocenters. The standard InChI is InChI=1S/C20H30N4O2/c1-14-6-7-16-19(15(14)2)22-17(21-16)8-9-18(25)24-11-5-10-20(26,13-24)12-23(3)4/h6-7,26H,5,8-13H2,1-4H3,(H,21,22)/t20-/m1/s1. The molecule has 1 saturated heterocycles. The number of nitrogens with one attached hydrogen (secondary N) is 1. The molecule has 0 radical (unpaired) electrons. The van der Waals surface area contributed by atoms with Crippen LogP contribution in [0.1, 0.15) is 36.2 Å². The number of aromatic amines is 1. The number of fused-ring (bicyclic) bond motifs is 1. The van der Waals surface area contributed by atoms with Crippen molar-refractivity contribution in [3.63, 3.8) is 0 Å². The number of carbonyl (C=O) groups is 1. The molecule has 3 rings (SSSR count). The zero-order chi connectivity index (χ0) is 18.9. The van der Waals surface area contributed by atoms with Gasteiger partial charge in [0.15, 0.2) is 0 Å². The summed E-state index contributed by atoms with van der Waals surface area (Å²) in [5, 5.41) is 10.7. The number of amides is 1. The second-order valence-corrected chi connectivity index (χ2v) is 7.97. The Morgan fingerprint density at radius 3 is 2.88 bits per heavy atom. The number of piperidine rings is 1. The quantitative estimate of drug-likeness (QED) is 0.858. The van der Waals surface area contributed by atoms with Crippen molar-refractivity contribution in [3.05, 3.63) is 29.1 Å². The number of likely N-dealkylation sites (tertiary alicyclic amines) is 1. The van der Waals surface area contributed by atoms with Crippen LogP contribution in [0.2, 0.25) is 0 Å². The fourth-order valence-electron chi connectivity index (χ4n) is 3.91. The molecule has 26 heavy (non-hydrogen) atoms. The first-order valence-corrected chi connectivity index (χ1v) is 9.37. The number of carbonyl (C=O) groups excluding carboxylic acids is 1. The van der Waals surface area contributed by atoms with Gasteiger partial charge in [-0.15, -0.1) is 0 Å². The highest BCUT2D eigenvalue weighted by atomic mass is 16.3. The van der Waals surface area contributed by atoms with E-state index in [1.165, 1.54) is 11.1 Å². The van der Waals surface area contributed by atoms with Gasteiger partial charge in [0.05, 0.1) is 23.2 Å². The fourth-order valence-corrected chi connectivity index (χ4v) is 3.91. The number of likely N-dealkylation sites (N-methyl/N-ethyl adjacent to an activating group) is 1. The normalized spacial score (nSPS) is 20.9. The summed E-state index contributed by atoms with van der Waals surface area (Å²) >= 11 is 0. The van der Waals surface area contributed by atoms with Gasteiger partial charge in [0.2, 0.25) is 5.91 Å². The van der Waals surface area contributed by atoms with Gasteiger partial charge in [-0.3, -0.25) is 4.79 Å². The fraction of sp³-hybridized carbons (Fsp3) is 0.600. The van der Waals surface area contributed by atoms with Gasteiger partial charge >= 0.3 is 0 Å². The van der Waals surface area contributed by atoms with Crippen molar-refractivity contribution in [2.75, 3.05) is 33.7 Å². The minimum atomic E-state index is -0.800. The molecule has 142 valence electrons. The number of hydrogen-bond donors (Lipinski definition) is 2. The van der Waals surface area contributed by atoms with Gasteiger partial charge in [-0.25, -0.2) is 4.98 Å². The van der Waals surface area contributed by atoms with E-state index in [1.807, 2.05) is 30.0 Å². The summed E-state index contributed by atoms with van der Waals surface area (Å²) in [6.07, 6.45) is 2.60. The molecular weight excluding hydrogens is 328 g/mol. The minimum Gasteiger partial charge on any atom is -0.387 e. The van der Waals surface area contributed by atoms with E-state index in [0.29, 0.717) is 25.9 Å². The van der Waals surface area contributed by atoms with Crippen molar-refractivity contribution >= 4 is 16.9 Å². The molecule has 1 atom stereocenters. The zero-order valence-corrected chi connectivity index (χ0v) is 16.3. The van der Waals surface area contributed by atoms with Crippen LogP contribution >= 0.6 is 0 Å².